The second kappa shape index (κ2) is 4.59. The van der Waals surface area contributed by atoms with E-state index >= 15 is 0 Å². The summed E-state index contributed by atoms with van der Waals surface area (Å²) in [6.07, 6.45) is 0.897. The van der Waals surface area contributed by atoms with Gasteiger partial charge in [-0.3, -0.25) is 0 Å². The highest BCUT2D eigenvalue weighted by Crippen LogP contribution is 2.30. The first kappa shape index (κ1) is 12.3. The lowest BCUT2D eigenvalue weighted by atomic mass is 10.0. The van der Waals surface area contributed by atoms with Crippen LogP contribution in [0.5, 0.6) is 0 Å². The van der Waals surface area contributed by atoms with Crippen LogP contribution in [0.15, 0.2) is 29.6 Å². The van der Waals surface area contributed by atoms with Gasteiger partial charge in [0.2, 0.25) is 0 Å². The number of nitrogens with zero attached hydrogens (tertiary/aromatic N) is 1. The van der Waals surface area contributed by atoms with Gasteiger partial charge in [-0.1, -0.05) is 31.2 Å². The van der Waals surface area contributed by atoms with Crippen LogP contribution in [0.4, 0.5) is 0 Å². The number of nitrogens with two attached hydrogens (primary N) is 1. The first-order valence-corrected chi connectivity index (χ1v) is 6.73. The Bertz CT molecular complexity index is 514. The largest absolute Gasteiger partial charge is 0.320 e. The van der Waals surface area contributed by atoms with Gasteiger partial charge in [-0.15, -0.1) is 11.3 Å². The highest BCUT2D eigenvalue weighted by molar-refractivity contribution is 7.10. The van der Waals surface area contributed by atoms with Crippen LogP contribution in [-0.2, 0) is 5.54 Å². The molecular weight excluding hydrogens is 228 g/mol. The van der Waals surface area contributed by atoms with Gasteiger partial charge in [0.05, 0.1) is 11.2 Å². The zero-order valence-corrected chi connectivity index (χ0v) is 11.3. The molecule has 0 saturated carbocycles. The van der Waals surface area contributed by atoms with E-state index in [2.05, 4.69) is 36.3 Å². The lowest BCUT2D eigenvalue weighted by Gasteiger charge is -2.18. The van der Waals surface area contributed by atoms with Crippen LogP contribution in [0.3, 0.4) is 0 Å². The molecule has 2 rings (SSSR count). The summed E-state index contributed by atoms with van der Waals surface area (Å²) in [6, 6.07) is 8.30. The normalized spacial score (nSPS) is 14.6. The van der Waals surface area contributed by atoms with Gasteiger partial charge < -0.3 is 5.73 Å². The van der Waals surface area contributed by atoms with Crippen molar-refractivity contribution in [1.29, 1.82) is 0 Å². The Morgan fingerprint density at radius 3 is 2.71 bits per heavy atom. The predicted octanol–water partition coefficient (Wildman–Crippen LogP) is 3.70. The maximum absolute atomic E-state index is 6.21. The number of hydrogen-bond acceptors (Lipinski definition) is 3. The van der Waals surface area contributed by atoms with Gasteiger partial charge in [0.15, 0.2) is 0 Å². The third-order valence-electron chi connectivity index (χ3n) is 3.15. The minimum absolute atomic E-state index is 0.314. The van der Waals surface area contributed by atoms with Gasteiger partial charge in [-0.05, 0) is 25.8 Å². The van der Waals surface area contributed by atoms with Crippen LogP contribution in [0.25, 0.3) is 11.3 Å². The van der Waals surface area contributed by atoms with E-state index in [0.717, 1.165) is 17.1 Å². The van der Waals surface area contributed by atoms with E-state index in [1.165, 1.54) is 11.1 Å². The van der Waals surface area contributed by atoms with Crippen molar-refractivity contribution in [1.82, 2.24) is 4.98 Å². The van der Waals surface area contributed by atoms with Crippen molar-refractivity contribution < 1.29 is 0 Å². The molecule has 0 amide bonds. The molecule has 0 aliphatic carbocycles. The molecule has 1 heterocycles. The van der Waals surface area contributed by atoms with Crippen LogP contribution < -0.4 is 5.73 Å². The van der Waals surface area contributed by atoms with Gasteiger partial charge in [-0.2, -0.15) is 0 Å². The van der Waals surface area contributed by atoms with Crippen molar-refractivity contribution in [2.75, 3.05) is 0 Å². The van der Waals surface area contributed by atoms with Crippen LogP contribution in [0, 0.1) is 6.92 Å². The van der Waals surface area contributed by atoms with Gasteiger partial charge in [-0.25, -0.2) is 4.98 Å². The minimum Gasteiger partial charge on any atom is -0.320 e. The third-order valence-corrected chi connectivity index (χ3v) is 4.27. The third kappa shape index (κ3) is 2.40. The lowest BCUT2D eigenvalue weighted by Crippen LogP contribution is -2.31. The maximum Gasteiger partial charge on any atom is 0.113 e. The number of thiazole rings is 1. The Morgan fingerprint density at radius 1 is 1.35 bits per heavy atom. The second-order valence-electron chi connectivity index (χ2n) is 4.62. The standard InChI is InChI=1S/C14H18N2S/c1-4-14(3,15)13-16-12(9-17-13)11-8-6-5-7-10(11)2/h5-9H,4,15H2,1-3H3. The molecule has 0 radical (unpaired) electrons. The first-order chi connectivity index (χ1) is 8.04. The van der Waals surface area contributed by atoms with E-state index < -0.39 is 0 Å². The lowest BCUT2D eigenvalue weighted by molar-refractivity contribution is 0.474. The number of rotatable bonds is 3. The van der Waals surface area contributed by atoms with Crippen LogP contribution in [0.2, 0.25) is 0 Å². The van der Waals surface area contributed by atoms with Crippen molar-refractivity contribution in [3.63, 3.8) is 0 Å². The number of aromatic nitrogens is 1. The summed E-state index contributed by atoms with van der Waals surface area (Å²) in [6.45, 7) is 6.23. The van der Waals surface area contributed by atoms with Gasteiger partial charge in [0, 0.05) is 10.9 Å². The van der Waals surface area contributed by atoms with E-state index in [-0.39, 0.29) is 5.54 Å². The SMILES string of the molecule is CCC(C)(N)c1nc(-c2ccccc2C)cs1. The molecule has 1 aromatic carbocycles. The number of aryl methyl sites for hydroxylation is 1. The zero-order valence-electron chi connectivity index (χ0n) is 10.5. The predicted molar refractivity (Wildman–Crippen MR) is 74.1 cm³/mol. The van der Waals surface area contributed by atoms with Crippen molar-refractivity contribution >= 4 is 11.3 Å². The molecule has 3 heteroatoms. The van der Waals surface area contributed by atoms with Crippen molar-refractivity contribution in [2.45, 2.75) is 32.7 Å². The van der Waals surface area contributed by atoms with E-state index in [4.69, 9.17) is 5.73 Å². The zero-order chi connectivity index (χ0) is 12.5. The molecule has 17 heavy (non-hydrogen) atoms. The Morgan fingerprint density at radius 2 is 2.06 bits per heavy atom. The molecule has 0 saturated heterocycles. The highest BCUT2D eigenvalue weighted by Gasteiger charge is 2.22. The van der Waals surface area contributed by atoms with Gasteiger partial charge in [0.25, 0.3) is 0 Å². The highest BCUT2D eigenvalue weighted by atomic mass is 32.1. The topological polar surface area (TPSA) is 38.9 Å². The van der Waals surface area contributed by atoms with Crippen LogP contribution in [0.1, 0.15) is 30.8 Å². The summed E-state index contributed by atoms with van der Waals surface area (Å²) in [4.78, 5) is 4.68. The molecule has 2 N–H and O–H groups in total. The molecule has 1 atom stereocenters. The Labute approximate surface area is 107 Å². The Hall–Kier alpha value is -1.19. The fraction of sp³-hybridized carbons (Fsp3) is 0.357. The quantitative estimate of drug-likeness (QED) is 0.896. The van der Waals surface area contributed by atoms with Crippen molar-refractivity contribution in [2.24, 2.45) is 5.73 Å². The van der Waals surface area contributed by atoms with E-state index in [0.29, 0.717) is 0 Å². The van der Waals surface area contributed by atoms with E-state index in [1.54, 1.807) is 11.3 Å². The fourth-order valence-corrected chi connectivity index (χ4v) is 2.64. The molecule has 1 aromatic heterocycles. The summed E-state index contributed by atoms with van der Waals surface area (Å²) in [5, 5.41) is 3.11. The molecule has 0 fully saturated rings. The summed E-state index contributed by atoms with van der Waals surface area (Å²) in [5.74, 6) is 0. The minimum atomic E-state index is -0.314. The smallest absolute Gasteiger partial charge is 0.113 e. The average molecular weight is 246 g/mol. The van der Waals surface area contributed by atoms with Crippen molar-refractivity contribution in [3.8, 4) is 11.3 Å². The molecule has 90 valence electrons. The number of benzene rings is 1. The fourth-order valence-electron chi connectivity index (χ4n) is 1.67. The second-order valence-corrected chi connectivity index (χ2v) is 5.48. The molecule has 0 aliphatic rings. The van der Waals surface area contributed by atoms with E-state index in [9.17, 15) is 0 Å². The van der Waals surface area contributed by atoms with Crippen molar-refractivity contribution in [3.05, 3.63) is 40.2 Å². The maximum atomic E-state index is 6.21. The summed E-state index contributed by atoms with van der Waals surface area (Å²) in [5.41, 5.74) is 9.38. The van der Waals surface area contributed by atoms with Gasteiger partial charge >= 0.3 is 0 Å². The Balaban J connectivity index is 2.40. The van der Waals surface area contributed by atoms with E-state index in [1.807, 2.05) is 19.1 Å². The molecule has 2 aromatic rings. The van der Waals surface area contributed by atoms with Crippen LogP contribution >= 0.6 is 11.3 Å². The summed E-state index contributed by atoms with van der Waals surface area (Å²) >= 11 is 1.65. The molecule has 0 aliphatic heterocycles. The first-order valence-electron chi connectivity index (χ1n) is 5.85. The molecule has 1 unspecified atom stereocenters. The molecule has 0 bridgehead atoms. The monoisotopic (exact) mass is 246 g/mol. The average Bonchev–Trinajstić information content (AvgIpc) is 2.79. The summed E-state index contributed by atoms with van der Waals surface area (Å²) in [7, 11) is 0. The molecule has 2 nitrogen and oxygen atoms in total. The molecular formula is C14H18N2S. The van der Waals surface area contributed by atoms with Crippen LogP contribution in [-0.4, -0.2) is 4.98 Å². The number of hydrogen-bond donors (Lipinski definition) is 1. The Kier molecular flexibility index (Phi) is 3.31. The van der Waals surface area contributed by atoms with Gasteiger partial charge in [0.1, 0.15) is 5.01 Å². The molecule has 0 spiro atoms. The summed E-state index contributed by atoms with van der Waals surface area (Å²) < 4.78 is 0.